The van der Waals surface area contributed by atoms with Gasteiger partial charge in [0.2, 0.25) is 0 Å². The molecule has 48 heavy (non-hydrogen) atoms. The average Bonchev–Trinajstić information content (AvgIpc) is 3.74. The van der Waals surface area contributed by atoms with Crippen molar-refractivity contribution in [1.29, 1.82) is 0 Å². The number of benzene rings is 2. The van der Waals surface area contributed by atoms with Crippen LogP contribution >= 0.6 is 0 Å². The van der Waals surface area contributed by atoms with E-state index in [-0.39, 0.29) is 41.4 Å². The molecule has 7 heterocycles. The molecular weight excluding hydrogens is 615 g/mol. The molecule has 4 saturated heterocycles. The first-order valence-corrected chi connectivity index (χ1v) is 17.2. The Morgan fingerprint density at radius 1 is 1.10 bits per heavy atom. The predicted molar refractivity (Wildman–Crippen MR) is 180 cm³/mol. The molecule has 8 nitrogen and oxygen atoms in total. The number of nitrogen functional groups attached to an aromatic ring is 1. The summed E-state index contributed by atoms with van der Waals surface area (Å²) in [5.74, 6) is 1.79. The fourth-order valence-electron chi connectivity index (χ4n) is 9.45. The number of nitrogens with one attached hydrogen (secondary N) is 1. The summed E-state index contributed by atoms with van der Waals surface area (Å²) in [5.41, 5.74) is 7.40. The third-order valence-electron chi connectivity index (χ3n) is 11.7. The van der Waals surface area contributed by atoms with Gasteiger partial charge in [0.05, 0.1) is 22.2 Å². The van der Waals surface area contributed by atoms with E-state index in [9.17, 15) is 4.39 Å². The van der Waals surface area contributed by atoms with Crippen LogP contribution in [-0.4, -0.2) is 75.9 Å². The molecular formula is C37H38F3N7O. The number of anilines is 2. The summed E-state index contributed by atoms with van der Waals surface area (Å²) in [6, 6.07) is 7.04. The molecule has 4 aromatic rings. The Hall–Kier alpha value is -4.14. The Morgan fingerprint density at radius 3 is 2.83 bits per heavy atom. The number of piperazine rings is 1. The van der Waals surface area contributed by atoms with Crippen LogP contribution < -0.4 is 20.7 Å². The van der Waals surface area contributed by atoms with Crippen LogP contribution in [-0.2, 0) is 0 Å². The summed E-state index contributed by atoms with van der Waals surface area (Å²) >= 11 is 0. The third-order valence-corrected chi connectivity index (χ3v) is 11.7. The molecule has 6 atom stereocenters. The summed E-state index contributed by atoms with van der Waals surface area (Å²) in [6.07, 6.45) is 11.0. The highest BCUT2D eigenvalue weighted by molar-refractivity contribution is 6.04. The number of nitrogens with two attached hydrogens (primary N) is 1. The van der Waals surface area contributed by atoms with Crippen LogP contribution in [0.25, 0.3) is 32.9 Å². The number of halogens is 3. The number of rotatable bonds is 4. The van der Waals surface area contributed by atoms with Crippen LogP contribution in [0.3, 0.4) is 0 Å². The molecule has 0 unspecified atom stereocenters. The number of terminal acetylenes is 1. The zero-order valence-corrected chi connectivity index (χ0v) is 26.9. The molecule has 0 aliphatic carbocycles. The van der Waals surface area contributed by atoms with Crippen LogP contribution in [0.15, 0.2) is 24.3 Å². The summed E-state index contributed by atoms with van der Waals surface area (Å²) in [6.45, 7) is 4.29. The van der Waals surface area contributed by atoms with Gasteiger partial charge in [0.25, 0.3) is 0 Å². The van der Waals surface area contributed by atoms with Gasteiger partial charge in [-0.05, 0) is 74.6 Å². The van der Waals surface area contributed by atoms with Gasteiger partial charge in [0, 0.05) is 54.3 Å². The lowest BCUT2D eigenvalue weighted by atomic mass is 9.88. The van der Waals surface area contributed by atoms with Gasteiger partial charge in [-0.25, -0.2) is 18.2 Å². The van der Waals surface area contributed by atoms with Crippen molar-refractivity contribution in [3.05, 3.63) is 47.2 Å². The molecule has 0 spiro atoms. The number of nitrogens with zero attached hydrogens (tertiary/aromatic N) is 5. The van der Waals surface area contributed by atoms with E-state index in [2.05, 4.69) is 28.0 Å². The minimum absolute atomic E-state index is 0.00785. The Kier molecular flexibility index (Phi) is 6.83. The fraction of sp³-hybridized carbons (Fsp3) is 0.486. The molecule has 2 aromatic carbocycles. The first-order valence-electron chi connectivity index (χ1n) is 17.2. The number of hydrogen-bond acceptors (Lipinski definition) is 8. The summed E-state index contributed by atoms with van der Waals surface area (Å²) in [4.78, 5) is 19.3. The maximum Gasteiger partial charge on any atom is 0.319 e. The Labute approximate surface area is 277 Å². The van der Waals surface area contributed by atoms with Gasteiger partial charge in [-0.1, -0.05) is 18.9 Å². The normalized spacial score (nSPS) is 29.5. The number of alkyl halides is 1. The van der Waals surface area contributed by atoms with E-state index in [4.69, 9.17) is 31.8 Å². The van der Waals surface area contributed by atoms with E-state index in [1.807, 2.05) is 0 Å². The molecule has 5 aliphatic rings. The van der Waals surface area contributed by atoms with Gasteiger partial charge in [-0.15, -0.1) is 6.42 Å². The van der Waals surface area contributed by atoms with Crippen LogP contribution in [0.4, 0.5) is 24.7 Å². The van der Waals surface area contributed by atoms with Crippen LogP contribution in [0, 0.1) is 24.0 Å². The lowest BCUT2D eigenvalue weighted by molar-refractivity contribution is 0.107. The predicted octanol–water partition coefficient (Wildman–Crippen LogP) is 5.85. The average molecular weight is 654 g/mol. The van der Waals surface area contributed by atoms with E-state index in [0.717, 1.165) is 51.6 Å². The van der Waals surface area contributed by atoms with Crippen LogP contribution in [0.5, 0.6) is 6.01 Å². The molecule has 0 amide bonds. The molecule has 5 aliphatic heterocycles. The highest BCUT2D eigenvalue weighted by atomic mass is 19.1. The van der Waals surface area contributed by atoms with E-state index in [1.165, 1.54) is 6.07 Å². The SMILES string of the molecule is C#Cc1c(F)ccc2cc(N)cc(-c3nc4c5c(nc(OC[C@@]67CCCN6C[C@H](F)C7)nc5c3F)N3C[C@H]5CC[C@H](N5)[C@@H]3CC[C@H]4C)c12. The maximum absolute atomic E-state index is 17.3. The Bertz CT molecular complexity index is 2030. The molecule has 2 aromatic heterocycles. The van der Waals surface area contributed by atoms with Gasteiger partial charge >= 0.3 is 6.01 Å². The van der Waals surface area contributed by atoms with Crippen molar-refractivity contribution in [3.63, 3.8) is 0 Å². The standard InChI is InChI=1S/C37H38F3N7O/c1-3-24-26(39)8-6-20-13-22(41)14-25(29(20)24)33-31(40)34-30-32(43-33)19(2)5-10-28-27-9-7-23(42-27)17-47(28)35(30)45-36(44-34)48-18-37-11-4-12-46(37)16-21(38)15-37/h1,6,8,13-14,19,21,23,27-28,42H,4-5,7,9-12,15-18,41H2,2H3/t19-,21-,23-,27+,28+,37+/m1/s1. The zero-order chi connectivity index (χ0) is 32.9. The zero-order valence-electron chi connectivity index (χ0n) is 26.9. The molecule has 2 bridgehead atoms. The molecule has 4 fully saturated rings. The van der Waals surface area contributed by atoms with Crippen LogP contribution in [0.1, 0.15) is 69.0 Å². The molecule has 0 saturated carbocycles. The largest absolute Gasteiger partial charge is 0.461 e. The Balaban J connectivity index is 1.28. The summed E-state index contributed by atoms with van der Waals surface area (Å²) < 4.78 is 53.4. The van der Waals surface area contributed by atoms with E-state index >= 15 is 8.78 Å². The van der Waals surface area contributed by atoms with E-state index in [1.54, 1.807) is 18.2 Å². The van der Waals surface area contributed by atoms with Crippen molar-refractivity contribution in [2.45, 2.75) is 87.6 Å². The maximum atomic E-state index is 17.3. The highest BCUT2D eigenvalue weighted by Crippen LogP contribution is 2.46. The van der Waals surface area contributed by atoms with Crippen LogP contribution in [0.2, 0.25) is 0 Å². The van der Waals surface area contributed by atoms with E-state index < -0.39 is 23.3 Å². The van der Waals surface area contributed by atoms with Crippen molar-refractivity contribution in [3.8, 4) is 29.6 Å². The first kappa shape index (κ1) is 30.0. The number of fused-ring (bicyclic) bond motifs is 7. The summed E-state index contributed by atoms with van der Waals surface area (Å²) in [5, 5.41) is 5.32. The molecule has 0 radical (unpaired) electrons. The quantitative estimate of drug-likeness (QED) is 0.210. The van der Waals surface area contributed by atoms with Gasteiger partial charge in [0.15, 0.2) is 5.82 Å². The second kappa shape index (κ2) is 10.9. The monoisotopic (exact) mass is 653 g/mol. The molecule has 9 rings (SSSR count). The number of pyridine rings is 1. The van der Waals surface area contributed by atoms with Crippen molar-refractivity contribution in [2.75, 3.05) is 36.9 Å². The minimum Gasteiger partial charge on any atom is -0.461 e. The minimum atomic E-state index is -0.905. The lowest BCUT2D eigenvalue weighted by Crippen LogP contribution is -2.58. The molecule has 11 heteroatoms. The van der Waals surface area contributed by atoms with Gasteiger partial charge in [0.1, 0.15) is 35.6 Å². The highest BCUT2D eigenvalue weighted by Gasteiger charge is 2.50. The number of ether oxygens (including phenoxy) is 1. The summed E-state index contributed by atoms with van der Waals surface area (Å²) in [7, 11) is 0. The third kappa shape index (κ3) is 4.48. The van der Waals surface area contributed by atoms with Crippen molar-refractivity contribution < 1.29 is 17.9 Å². The van der Waals surface area contributed by atoms with Gasteiger partial charge in [-0.3, -0.25) is 4.90 Å². The number of aromatic nitrogens is 3. The van der Waals surface area contributed by atoms with Crippen molar-refractivity contribution in [1.82, 2.24) is 25.2 Å². The Morgan fingerprint density at radius 2 is 1.98 bits per heavy atom. The smallest absolute Gasteiger partial charge is 0.319 e. The number of hydrogen-bond donors (Lipinski definition) is 2. The van der Waals surface area contributed by atoms with Crippen molar-refractivity contribution >= 4 is 33.2 Å². The van der Waals surface area contributed by atoms with E-state index in [0.29, 0.717) is 64.0 Å². The molecule has 248 valence electrons. The first-order chi connectivity index (χ1) is 23.2. The van der Waals surface area contributed by atoms with Crippen molar-refractivity contribution in [2.24, 2.45) is 0 Å². The topological polar surface area (TPSA) is 92.4 Å². The molecule has 3 N–H and O–H groups in total. The van der Waals surface area contributed by atoms with Gasteiger partial charge in [-0.2, -0.15) is 9.97 Å². The fourth-order valence-corrected chi connectivity index (χ4v) is 9.45. The lowest BCUT2D eigenvalue weighted by Gasteiger charge is -2.44. The van der Waals surface area contributed by atoms with Gasteiger partial charge < -0.3 is 20.7 Å². The second-order valence-electron chi connectivity index (χ2n) is 14.6. The second-order valence-corrected chi connectivity index (χ2v) is 14.6.